The van der Waals surface area contributed by atoms with E-state index in [2.05, 4.69) is 15.4 Å². The number of aromatic nitrogens is 3. The van der Waals surface area contributed by atoms with E-state index in [1.54, 1.807) is 23.9 Å². The van der Waals surface area contributed by atoms with Gasteiger partial charge in [-0.3, -0.25) is 9.78 Å². The number of hydrogen-bond donors (Lipinski definition) is 1. The minimum Gasteiger partial charge on any atom is -0.310 e. The molecule has 7 nitrogen and oxygen atoms in total. The Hall–Kier alpha value is -2.22. The van der Waals surface area contributed by atoms with E-state index in [9.17, 15) is 13.2 Å². The predicted molar refractivity (Wildman–Crippen MR) is 78.6 cm³/mol. The fourth-order valence-corrected chi connectivity index (χ4v) is 2.38. The van der Waals surface area contributed by atoms with Crippen molar-refractivity contribution in [2.75, 3.05) is 17.3 Å². The SMILES string of the molecule is Cc1cc(NC(=O)CS(C)(=O)=O)n(Cc2ccccn2)n1. The van der Waals surface area contributed by atoms with Crippen molar-refractivity contribution in [2.24, 2.45) is 0 Å². The number of hydrogen-bond acceptors (Lipinski definition) is 5. The number of rotatable bonds is 5. The molecule has 0 radical (unpaired) electrons. The average Bonchev–Trinajstić information content (AvgIpc) is 2.68. The van der Waals surface area contributed by atoms with Crippen molar-refractivity contribution in [3.8, 4) is 0 Å². The van der Waals surface area contributed by atoms with E-state index in [-0.39, 0.29) is 0 Å². The molecule has 2 aromatic rings. The third kappa shape index (κ3) is 4.67. The normalized spacial score (nSPS) is 11.3. The Balaban J connectivity index is 2.15. The van der Waals surface area contributed by atoms with Crippen LogP contribution >= 0.6 is 0 Å². The van der Waals surface area contributed by atoms with Gasteiger partial charge in [-0.2, -0.15) is 5.10 Å². The molecule has 2 aromatic heterocycles. The van der Waals surface area contributed by atoms with Crippen LogP contribution < -0.4 is 5.32 Å². The summed E-state index contributed by atoms with van der Waals surface area (Å²) in [6.45, 7) is 2.18. The topological polar surface area (TPSA) is 94.0 Å². The standard InChI is InChI=1S/C13H16N4O3S/c1-10-7-12(15-13(18)9-21(2,19)20)17(16-10)8-11-5-3-4-6-14-11/h3-7H,8-9H2,1-2H3,(H,15,18). The van der Waals surface area contributed by atoms with E-state index < -0.39 is 21.5 Å². The fourth-order valence-electron chi connectivity index (χ4n) is 1.83. The Bertz CT molecular complexity index is 738. The number of amides is 1. The van der Waals surface area contributed by atoms with Crippen molar-refractivity contribution in [2.45, 2.75) is 13.5 Å². The van der Waals surface area contributed by atoms with Crippen LogP contribution in [0, 0.1) is 6.92 Å². The van der Waals surface area contributed by atoms with Crippen LogP contribution in [0.3, 0.4) is 0 Å². The van der Waals surface area contributed by atoms with Crippen LogP contribution in [-0.4, -0.2) is 41.1 Å². The lowest BCUT2D eigenvalue weighted by Crippen LogP contribution is -2.23. The maximum atomic E-state index is 11.7. The fraction of sp³-hybridized carbons (Fsp3) is 0.308. The monoisotopic (exact) mass is 308 g/mol. The van der Waals surface area contributed by atoms with Gasteiger partial charge in [-0.05, 0) is 19.1 Å². The van der Waals surface area contributed by atoms with Crippen LogP contribution in [-0.2, 0) is 21.2 Å². The van der Waals surface area contributed by atoms with Crippen molar-refractivity contribution >= 4 is 21.6 Å². The molecule has 0 fully saturated rings. The molecule has 0 spiro atoms. The van der Waals surface area contributed by atoms with Gasteiger partial charge in [0.1, 0.15) is 11.6 Å². The molecule has 0 saturated heterocycles. The minimum absolute atomic E-state index is 0.392. The van der Waals surface area contributed by atoms with E-state index in [0.717, 1.165) is 17.6 Å². The molecule has 0 saturated carbocycles. The highest BCUT2D eigenvalue weighted by molar-refractivity contribution is 7.91. The second-order valence-electron chi connectivity index (χ2n) is 4.77. The number of aryl methyl sites for hydroxylation is 1. The molecule has 0 aliphatic carbocycles. The summed E-state index contributed by atoms with van der Waals surface area (Å²) in [7, 11) is -3.36. The van der Waals surface area contributed by atoms with Gasteiger partial charge in [-0.25, -0.2) is 13.1 Å². The molecule has 0 aliphatic heterocycles. The highest BCUT2D eigenvalue weighted by Crippen LogP contribution is 2.12. The van der Waals surface area contributed by atoms with Gasteiger partial charge in [0.05, 0.1) is 17.9 Å². The zero-order valence-corrected chi connectivity index (χ0v) is 12.6. The zero-order chi connectivity index (χ0) is 15.5. The van der Waals surface area contributed by atoms with Gasteiger partial charge in [0.25, 0.3) is 0 Å². The summed E-state index contributed by atoms with van der Waals surface area (Å²) >= 11 is 0. The maximum Gasteiger partial charge on any atom is 0.240 e. The van der Waals surface area contributed by atoms with Crippen molar-refractivity contribution in [3.63, 3.8) is 0 Å². The summed E-state index contributed by atoms with van der Waals surface area (Å²) < 4.78 is 23.8. The molecule has 2 heterocycles. The van der Waals surface area contributed by atoms with Gasteiger partial charge in [-0.1, -0.05) is 6.07 Å². The largest absolute Gasteiger partial charge is 0.310 e. The summed E-state index contributed by atoms with van der Waals surface area (Å²) in [6.07, 6.45) is 2.69. The third-order valence-electron chi connectivity index (χ3n) is 2.60. The van der Waals surface area contributed by atoms with E-state index in [4.69, 9.17) is 0 Å². The Labute approximate surface area is 122 Å². The summed E-state index contributed by atoms with van der Waals surface area (Å²) in [6, 6.07) is 7.20. The van der Waals surface area contributed by atoms with Crippen LogP contribution in [0.1, 0.15) is 11.4 Å². The first-order valence-corrected chi connectivity index (χ1v) is 8.31. The lowest BCUT2D eigenvalue weighted by atomic mass is 10.3. The summed E-state index contributed by atoms with van der Waals surface area (Å²) in [5.74, 6) is -0.688. The second-order valence-corrected chi connectivity index (χ2v) is 6.91. The average molecular weight is 308 g/mol. The van der Waals surface area contributed by atoms with Crippen LogP contribution in [0.5, 0.6) is 0 Å². The molecule has 2 rings (SSSR count). The van der Waals surface area contributed by atoms with Crippen molar-refractivity contribution in [1.82, 2.24) is 14.8 Å². The van der Waals surface area contributed by atoms with Crippen molar-refractivity contribution in [1.29, 1.82) is 0 Å². The molecule has 0 unspecified atom stereocenters. The van der Waals surface area contributed by atoms with Crippen LogP contribution in [0.4, 0.5) is 5.82 Å². The van der Waals surface area contributed by atoms with E-state index in [1.807, 2.05) is 18.2 Å². The summed E-state index contributed by atoms with van der Waals surface area (Å²) in [5.41, 5.74) is 1.51. The highest BCUT2D eigenvalue weighted by atomic mass is 32.2. The molecule has 0 bridgehead atoms. The van der Waals surface area contributed by atoms with Crippen molar-refractivity contribution in [3.05, 3.63) is 41.9 Å². The smallest absolute Gasteiger partial charge is 0.240 e. The van der Waals surface area contributed by atoms with Gasteiger partial charge < -0.3 is 5.32 Å². The molecule has 0 atom stereocenters. The van der Waals surface area contributed by atoms with E-state index in [0.29, 0.717) is 12.4 Å². The summed E-state index contributed by atoms with van der Waals surface area (Å²) in [4.78, 5) is 15.9. The van der Waals surface area contributed by atoms with E-state index in [1.165, 1.54) is 0 Å². The van der Waals surface area contributed by atoms with E-state index >= 15 is 0 Å². The molecule has 8 heteroatoms. The Morgan fingerprint density at radius 3 is 2.76 bits per heavy atom. The molecule has 1 amide bonds. The Morgan fingerprint density at radius 2 is 2.14 bits per heavy atom. The lowest BCUT2D eigenvalue weighted by Gasteiger charge is -2.08. The number of sulfone groups is 1. The number of nitrogens with one attached hydrogen (secondary N) is 1. The van der Waals surface area contributed by atoms with Gasteiger partial charge in [-0.15, -0.1) is 0 Å². The highest BCUT2D eigenvalue weighted by Gasteiger charge is 2.14. The van der Waals surface area contributed by atoms with Crippen LogP contribution in [0.2, 0.25) is 0 Å². The van der Waals surface area contributed by atoms with Gasteiger partial charge >= 0.3 is 0 Å². The number of carbonyl (C=O) groups is 1. The maximum absolute atomic E-state index is 11.7. The molecule has 21 heavy (non-hydrogen) atoms. The van der Waals surface area contributed by atoms with Gasteiger partial charge in [0.2, 0.25) is 5.91 Å². The number of carbonyl (C=O) groups excluding carboxylic acids is 1. The molecule has 0 aromatic carbocycles. The molecule has 1 N–H and O–H groups in total. The predicted octanol–water partition coefficient (Wildman–Crippen LogP) is 0.618. The van der Waals surface area contributed by atoms with Crippen molar-refractivity contribution < 1.29 is 13.2 Å². The first-order chi connectivity index (χ1) is 9.83. The van der Waals surface area contributed by atoms with Gasteiger partial charge in [0, 0.05) is 18.5 Å². The number of anilines is 1. The first-order valence-electron chi connectivity index (χ1n) is 6.25. The quantitative estimate of drug-likeness (QED) is 0.873. The zero-order valence-electron chi connectivity index (χ0n) is 11.8. The van der Waals surface area contributed by atoms with Crippen LogP contribution in [0.15, 0.2) is 30.5 Å². The number of nitrogens with zero attached hydrogens (tertiary/aromatic N) is 3. The molecular weight excluding hydrogens is 292 g/mol. The minimum atomic E-state index is -3.36. The van der Waals surface area contributed by atoms with Crippen LogP contribution in [0.25, 0.3) is 0 Å². The number of pyridine rings is 1. The second kappa shape index (κ2) is 6.04. The molecular formula is C13H16N4O3S. The molecule has 0 aliphatic rings. The Kier molecular flexibility index (Phi) is 4.37. The Morgan fingerprint density at radius 1 is 1.38 bits per heavy atom. The van der Waals surface area contributed by atoms with Gasteiger partial charge in [0.15, 0.2) is 9.84 Å². The first kappa shape index (κ1) is 15.2. The lowest BCUT2D eigenvalue weighted by molar-refractivity contribution is -0.113. The molecule has 112 valence electrons. The third-order valence-corrected chi connectivity index (χ3v) is 3.39. The summed E-state index contributed by atoms with van der Waals surface area (Å²) in [5, 5.41) is 6.83.